The van der Waals surface area contributed by atoms with Crippen molar-refractivity contribution in [3.8, 4) is 11.3 Å². The molecule has 0 radical (unpaired) electrons. The minimum atomic E-state index is -0.696. The summed E-state index contributed by atoms with van der Waals surface area (Å²) >= 11 is 0. The molecule has 2 N–H and O–H groups in total. The Hall–Kier alpha value is -3.87. The first-order valence-corrected chi connectivity index (χ1v) is 14.4. The Morgan fingerprint density at radius 1 is 0.927 bits per heavy atom. The van der Waals surface area contributed by atoms with Crippen molar-refractivity contribution in [1.29, 1.82) is 0 Å². The summed E-state index contributed by atoms with van der Waals surface area (Å²) in [4.78, 5) is 32.9. The molecule has 1 unspecified atom stereocenters. The van der Waals surface area contributed by atoms with Crippen LogP contribution in [0.3, 0.4) is 0 Å². The molecule has 0 aliphatic carbocycles. The number of pyridine rings is 1. The highest BCUT2D eigenvalue weighted by atomic mass is 16.6. The number of carbonyl (C=O) groups is 2. The van der Waals surface area contributed by atoms with Gasteiger partial charge in [0.15, 0.2) is 0 Å². The van der Waals surface area contributed by atoms with Crippen LogP contribution in [0, 0.1) is 0 Å². The average Bonchev–Trinajstić information content (AvgIpc) is 2.90. The summed E-state index contributed by atoms with van der Waals surface area (Å²) < 4.78 is 11.4. The smallest absolute Gasteiger partial charge is 0.410 e. The fourth-order valence-electron chi connectivity index (χ4n) is 5.23. The minimum Gasteiger partial charge on any atom is -0.456 e. The maximum absolute atomic E-state index is 13.5. The van der Waals surface area contributed by atoms with Gasteiger partial charge in [-0.25, -0.2) is 14.6 Å². The summed E-state index contributed by atoms with van der Waals surface area (Å²) in [5.74, 6) is -0.492. The first-order valence-electron chi connectivity index (χ1n) is 14.4. The van der Waals surface area contributed by atoms with Crippen LogP contribution in [0.25, 0.3) is 11.3 Å². The third-order valence-electron chi connectivity index (χ3n) is 7.01. The van der Waals surface area contributed by atoms with Crippen LogP contribution < -0.4 is 5.73 Å². The van der Waals surface area contributed by atoms with Crippen LogP contribution in [0.4, 0.5) is 10.6 Å². The van der Waals surface area contributed by atoms with E-state index in [4.69, 9.17) is 20.2 Å². The molecule has 7 heteroatoms. The Balaban J connectivity index is 1.73. The van der Waals surface area contributed by atoms with Crippen molar-refractivity contribution in [2.45, 2.75) is 84.3 Å². The monoisotopic (exact) mass is 557 g/mol. The van der Waals surface area contributed by atoms with Crippen LogP contribution in [0.15, 0.2) is 60.7 Å². The number of ether oxygens (including phenoxy) is 2. The van der Waals surface area contributed by atoms with Gasteiger partial charge >= 0.3 is 12.1 Å². The van der Waals surface area contributed by atoms with E-state index in [9.17, 15) is 9.59 Å². The molecule has 3 aromatic rings. The van der Waals surface area contributed by atoms with Gasteiger partial charge in [0, 0.05) is 24.6 Å². The van der Waals surface area contributed by atoms with E-state index >= 15 is 0 Å². The van der Waals surface area contributed by atoms with Gasteiger partial charge in [-0.2, -0.15) is 0 Å². The van der Waals surface area contributed by atoms with E-state index < -0.39 is 17.2 Å². The number of amides is 1. The number of aryl methyl sites for hydroxylation is 2. The third-order valence-corrected chi connectivity index (χ3v) is 7.01. The summed E-state index contributed by atoms with van der Waals surface area (Å²) in [7, 11) is 0. The molecule has 0 spiro atoms. The Labute approximate surface area is 244 Å². The number of rotatable bonds is 6. The Morgan fingerprint density at radius 2 is 1.59 bits per heavy atom. The molecule has 1 aliphatic heterocycles. The standard InChI is InChI=1S/C34H43N3O4/c1-33(2,3)40-31(38)29-27(25-16-12-20-37(22-25)32(39)41-34(4,5)6)21-28(36-30(29)35)26-17-11-10-15-24(26)19-18-23-13-8-7-9-14-23/h7-11,13-15,17,21,25H,12,16,18-20,22H2,1-6H3,(H2,35,36). The molecule has 0 bridgehead atoms. The molecule has 0 saturated carbocycles. The number of aromatic nitrogens is 1. The lowest BCUT2D eigenvalue weighted by molar-refractivity contribution is 0.00682. The van der Waals surface area contributed by atoms with Gasteiger partial charge in [0.25, 0.3) is 0 Å². The number of benzene rings is 2. The molecule has 2 heterocycles. The first-order chi connectivity index (χ1) is 19.3. The lowest BCUT2D eigenvalue weighted by Gasteiger charge is -2.35. The Kier molecular flexibility index (Phi) is 9.05. The van der Waals surface area contributed by atoms with Crippen LogP contribution in [0.2, 0.25) is 0 Å². The number of hydrogen-bond acceptors (Lipinski definition) is 6. The number of piperidine rings is 1. The first kappa shape index (κ1) is 30.1. The van der Waals surface area contributed by atoms with Gasteiger partial charge in [-0.3, -0.25) is 0 Å². The lowest BCUT2D eigenvalue weighted by atomic mass is 9.86. The molecule has 41 heavy (non-hydrogen) atoms. The highest BCUT2D eigenvalue weighted by Gasteiger charge is 2.33. The van der Waals surface area contributed by atoms with E-state index in [1.807, 2.05) is 71.9 Å². The van der Waals surface area contributed by atoms with Crippen molar-refractivity contribution in [3.05, 3.63) is 82.9 Å². The van der Waals surface area contributed by atoms with Crippen molar-refractivity contribution in [1.82, 2.24) is 9.88 Å². The van der Waals surface area contributed by atoms with Crippen LogP contribution in [0.5, 0.6) is 0 Å². The Bertz CT molecular complexity index is 1370. The van der Waals surface area contributed by atoms with Crippen molar-refractivity contribution < 1.29 is 19.1 Å². The summed E-state index contributed by atoms with van der Waals surface area (Å²) in [5.41, 5.74) is 10.4. The van der Waals surface area contributed by atoms with E-state index in [-0.39, 0.29) is 23.4 Å². The molecule has 1 amide bonds. The van der Waals surface area contributed by atoms with Crippen LogP contribution in [-0.4, -0.2) is 46.2 Å². The Morgan fingerprint density at radius 3 is 2.27 bits per heavy atom. The number of hydrogen-bond donors (Lipinski definition) is 1. The van der Waals surface area contributed by atoms with Gasteiger partial charge in [0.05, 0.1) is 5.69 Å². The highest BCUT2D eigenvalue weighted by Crippen LogP contribution is 2.36. The molecule has 1 aromatic heterocycles. The van der Waals surface area contributed by atoms with E-state index in [0.717, 1.165) is 42.4 Å². The molecule has 218 valence electrons. The second kappa shape index (κ2) is 12.3. The van der Waals surface area contributed by atoms with Crippen molar-refractivity contribution in [2.75, 3.05) is 18.8 Å². The van der Waals surface area contributed by atoms with Crippen molar-refractivity contribution >= 4 is 17.9 Å². The maximum Gasteiger partial charge on any atom is 0.410 e. The molecule has 4 rings (SSSR count). The second-order valence-electron chi connectivity index (χ2n) is 12.8. The zero-order chi connectivity index (χ0) is 29.8. The molecule has 2 aromatic carbocycles. The summed E-state index contributed by atoms with van der Waals surface area (Å²) in [6, 6.07) is 20.5. The number of nitrogens with two attached hydrogens (primary N) is 1. The van der Waals surface area contributed by atoms with E-state index in [1.165, 1.54) is 5.56 Å². The molecule has 7 nitrogen and oxygen atoms in total. The predicted molar refractivity (Wildman–Crippen MR) is 163 cm³/mol. The second-order valence-corrected chi connectivity index (χ2v) is 12.8. The van der Waals surface area contributed by atoms with Gasteiger partial charge in [-0.05, 0) is 90.0 Å². The lowest BCUT2D eigenvalue weighted by Crippen LogP contribution is -2.42. The zero-order valence-electron chi connectivity index (χ0n) is 25.2. The fraction of sp³-hybridized carbons (Fsp3) is 0.441. The minimum absolute atomic E-state index is 0.126. The number of esters is 1. The van der Waals surface area contributed by atoms with E-state index in [1.54, 1.807) is 4.90 Å². The maximum atomic E-state index is 13.5. The summed E-state index contributed by atoms with van der Waals surface area (Å²) in [6.45, 7) is 12.1. The van der Waals surface area contributed by atoms with Crippen LogP contribution in [-0.2, 0) is 22.3 Å². The van der Waals surface area contributed by atoms with Gasteiger partial charge < -0.3 is 20.1 Å². The van der Waals surface area contributed by atoms with E-state index in [2.05, 4.69) is 30.3 Å². The number of likely N-dealkylation sites (tertiary alicyclic amines) is 1. The summed E-state index contributed by atoms with van der Waals surface area (Å²) in [6.07, 6.45) is 2.95. The number of carbonyl (C=O) groups excluding carboxylic acids is 2. The molecule has 1 atom stereocenters. The molecule has 1 saturated heterocycles. The highest BCUT2D eigenvalue weighted by molar-refractivity contribution is 5.97. The number of anilines is 1. The number of nitrogens with zero attached hydrogens (tertiary/aromatic N) is 2. The molecular formula is C34H43N3O4. The SMILES string of the molecule is CC(C)(C)OC(=O)c1c(C2CCCN(C(=O)OC(C)(C)C)C2)cc(-c2ccccc2CCc2ccccc2)nc1N. The predicted octanol–water partition coefficient (Wildman–Crippen LogP) is 7.19. The fourth-order valence-corrected chi connectivity index (χ4v) is 5.23. The van der Waals surface area contributed by atoms with E-state index in [0.29, 0.717) is 18.8 Å². The van der Waals surface area contributed by atoms with Gasteiger partial charge in [0.2, 0.25) is 0 Å². The molecule has 1 aliphatic rings. The molecular weight excluding hydrogens is 514 g/mol. The largest absolute Gasteiger partial charge is 0.456 e. The average molecular weight is 558 g/mol. The topological polar surface area (TPSA) is 94.8 Å². The van der Waals surface area contributed by atoms with Crippen LogP contribution in [0.1, 0.15) is 87.4 Å². The van der Waals surface area contributed by atoms with Crippen molar-refractivity contribution in [3.63, 3.8) is 0 Å². The van der Waals surface area contributed by atoms with Gasteiger partial charge in [0.1, 0.15) is 22.6 Å². The van der Waals surface area contributed by atoms with Crippen molar-refractivity contribution in [2.24, 2.45) is 0 Å². The summed E-state index contributed by atoms with van der Waals surface area (Å²) in [5, 5.41) is 0. The third kappa shape index (κ3) is 8.09. The van der Waals surface area contributed by atoms with Gasteiger partial charge in [-0.15, -0.1) is 0 Å². The van der Waals surface area contributed by atoms with Crippen LogP contribution >= 0.6 is 0 Å². The normalized spacial score (nSPS) is 15.9. The zero-order valence-corrected chi connectivity index (χ0v) is 25.2. The number of nitrogen functional groups attached to an aromatic ring is 1. The molecule has 1 fully saturated rings. The van der Waals surface area contributed by atoms with Gasteiger partial charge in [-0.1, -0.05) is 54.6 Å². The quantitative estimate of drug-likeness (QED) is 0.323.